The Balaban J connectivity index is 0.000000211. The summed E-state index contributed by atoms with van der Waals surface area (Å²) < 4.78 is 92.1. The predicted molar refractivity (Wildman–Crippen MR) is 203 cm³/mol. The molecule has 6 aromatic rings. The van der Waals surface area contributed by atoms with Crippen molar-refractivity contribution in [2.75, 3.05) is 11.8 Å². The Morgan fingerprint density at radius 3 is 1.75 bits per heavy atom. The van der Waals surface area contributed by atoms with Gasteiger partial charge in [-0.1, -0.05) is 35.3 Å². The summed E-state index contributed by atoms with van der Waals surface area (Å²) in [6, 6.07) is 18.2. The van der Waals surface area contributed by atoms with Crippen LogP contribution in [0.4, 0.5) is 14.5 Å². The number of benzene rings is 4. The van der Waals surface area contributed by atoms with Crippen molar-refractivity contribution in [2.24, 2.45) is 0 Å². The molecule has 19 heteroatoms. The highest BCUT2D eigenvalue weighted by atomic mass is 35.5. The van der Waals surface area contributed by atoms with Gasteiger partial charge in [0.1, 0.15) is 40.3 Å². The zero-order chi connectivity index (χ0) is 40.4. The van der Waals surface area contributed by atoms with Crippen LogP contribution in [0.15, 0.2) is 88.7 Å². The quantitative estimate of drug-likeness (QED) is 0.101. The summed E-state index contributed by atoms with van der Waals surface area (Å²) in [4.78, 5) is 22.0. The van der Waals surface area contributed by atoms with Crippen molar-refractivity contribution in [3.63, 3.8) is 0 Å². The summed E-state index contributed by atoms with van der Waals surface area (Å²) in [6.07, 6.45) is 0. The van der Waals surface area contributed by atoms with E-state index >= 15 is 0 Å². The van der Waals surface area contributed by atoms with Crippen LogP contribution in [0.2, 0.25) is 10.0 Å². The summed E-state index contributed by atoms with van der Waals surface area (Å²) in [5.74, 6) is -3.05. The first-order valence-corrected chi connectivity index (χ1v) is 19.7. The van der Waals surface area contributed by atoms with E-state index < -0.39 is 56.7 Å². The van der Waals surface area contributed by atoms with Crippen LogP contribution in [0.25, 0.3) is 21.8 Å². The Kier molecular flexibility index (Phi) is 12.1. The number of methoxy groups -OCH3 is 1. The number of hydrogen-bond donors (Lipinski definition) is 4. The second kappa shape index (κ2) is 16.3. The lowest BCUT2D eigenvalue weighted by atomic mass is 10.2. The Morgan fingerprint density at radius 1 is 0.727 bits per heavy atom. The first-order valence-electron chi connectivity index (χ1n) is 15.9. The molecule has 0 radical (unpaired) electrons. The topological polar surface area (TPSA) is 186 Å². The van der Waals surface area contributed by atoms with E-state index in [1.807, 2.05) is 0 Å². The minimum absolute atomic E-state index is 0.0699. The number of ether oxygens (including phenoxy) is 1. The standard InChI is InChI=1S/C18H15Cl2FN2O4S.C18H17FN2O5S/c1-10-18(13-7-12(21)3-5-16(13)23(10)9-17(24)25)28(26,27)22-8-11-2-4-14(19)15(20)6-11;1-11-18(27(24,25)20-13-4-3-5-14(9-13)26-2)15-8-12(19)6-7-16(15)21(11)10-17(22)23/h2-7,22H,8-9H2,1H3,(H,24,25);3-9,20H,10H2,1-2H3,(H,22,23). The molecule has 55 heavy (non-hydrogen) atoms. The molecule has 2 aromatic heterocycles. The third-order valence-electron chi connectivity index (χ3n) is 8.35. The lowest BCUT2D eigenvalue weighted by Crippen LogP contribution is -2.24. The number of anilines is 1. The smallest absolute Gasteiger partial charge is 0.323 e. The Labute approximate surface area is 323 Å². The highest BCUT2D eigenvalue weighted by Crippen LogP contribution is 2.33. The number of hydrogen-bond acceptors (Lipinski definition) is 7. The van der Waals surface area contributed by atoms with Crippen LogP contribution < -0.4 is 14.2 Å². The molecule has 0 atom stereocenters. The van der Waals surface area contributed by atoms with E-state index in [4.69, 9.17) is 38.2 Å². The van der Waals surface area contributed by atoms with E-state index in [9.17, 15) is 35.2 Å². The van der Waals surface area contributed by atoms with Crippen LogP contribution in [0.5, 0.6) is 5.75 Å². The molecule has 0 aliphatic heterocycles. The fourth-order valence-corrected chi connectivity index (χ4v) is 9.26. The van der Waals surface area contributed by atoms with Crippen LogP contribution >= 0.6 is 23.2 Å². The molecular weight excluding hydrogens is 805 g/mol. The van der Waals surface area contributed by atoms with Crippen molar-refractivity contribution in [3.05, 3.63) is 117 Å². The van der Waals surface area contributed by atoms with Gasteiger partial charge in [0.2, 0.25) is 10.0 Å². The van der Waals surface area contributed by atoms with Crippen LogP contribution in [-0.2, 0) is 49.3 Å². The predicted octanol–water partition coefficient (Wildman–Crippen LogP) is 6.94. The minimum atomic E-state index is -4.11. The summed E-state index contributed by atoms with van der Waals surface area (Å²) in [5, 5.41) is 19.1. The maximum Gasteiger partial charge on any atom is 0.323 e. The number of aliphatic carboxylic acids is 2. The number of carbonyl (C=O) groups is 2. The number of aromatic nitrogens is 2. The molecule has 0 aliphatic rings. The van der Waals surface area contributed by atoms with E-state index in [-0.39, 0.29) is 49.2 Å². The summed E-state index contributed by atoms with van der Waals surface area (Å²) in [6.45, 7) is 2.01. The minimum Gasteiger partial charge on any atom is -0.497 e. The Hall–Kier alpha value is -5.20. The van der Waals surface area contributed by atoms with E-state index in [0.29, 0.717) is 27.4 Å². The van der Waals surface area contributed by atoms with Gasteiger partial charge in [0.25, 0.3) is 10.0 Å². The van der Waals surface area contributed by atoms with Crippen molar-refractivity contribution >= 4 is 82.7 Å². The van der Waals surface area contributed by atoms with Crippen LogP contribution in [0.3, 0.4) is 0 Å². The zero-order valence-electron chi connectivity index (χ0n) is 29.1. The highest BCUT2D eigenvalue weighted by molar-refractivity contribution is 7.93. The molecule has 0 spiro atoms. The van der Waals surface area contributed by atoms with Gasteiger partial charge in [-0.05, 0) is 80.1 Å². The normalized spacial score (nSPS) is 11.7. The first-order chi connectivity index (χ1) is 25.8. The SMILES string of the molecule is COc1cccc(NS(=O)(=O)c2c(C)n(CC(=O)O)c3ccc(F)cc23)c1.Cc1c(S(=O)(=O)NCc2ccc(Cl)c(Cl)c2)c2cc(F)ccc2n1CC(=O)O. The number of nitrogens with one attached hydrogen (secondary N) is 2. The molecule has 0 fully saturated rings. The van der Waals surface area contributed by atoms with E-state index in [1.54, 1.807) is 30.3 Å². The van der Waals surface area contributed by atoms with Crippen molar-refractivity contribution in [3.8, 4) is 5.75 Å². The van der Waals surface area contributed by atoms with Crippen LogP contribution in [-0.4, -0.2) is 55.2 Å². The molecule has 4 aromatic carbocycles. The van der Waals surface area contributed by atoms with Gasteiger partial charge in [0.05, 0.1) is 33.9 Å². The van der Waals surface area contributed by atoms with Gasteiger partial charge in [0.15, 0.2) is 0 Å². The van der Waals surface area contributed by atoms with Crippen LogP contribution in [0, 0.1) is 25.5 Å². The fraction of sp³-hybridized carbons (Fsp3) is 0.167. The molecule has 0 saturated heterocycles. The second-order valence-corrected chi connectivity index (χ2v) is 16.2. The van der Waals surface area contributed by atoms with Gasteiger partial charge in [-0.25, -0.2) is 30.3 Å². The maximum absolute atomic E-state index is 13.8. The van der Waals surface area contributed by atoms with Gasteiger partial charge >= 0.3 is 11.9 Å². The Bertz CT molecular complexity index is 2700. The number of carboxylic acid groups (broad SMARTS) is 2. The molecule has 290 valence electrons. The number of carboxylic acids is 2. The first kappa shape index (κ1) is 41.0. The van der Waals surface area contributed by atoms with Gasteiger partial charge in [-0.3, -0.25) is 14.3 Å². The molecule has 6 rings (SSSR count). The van der Waals surface area contributed by atoms with Crippen molar-refractivity contribution in [1.82, 2.24) is 13.9 Å². The summed E-state index contributed by atoms with van der Waals surface area (Å²) in [7, 11) is -6.73. The number of rotatable bonds is 12. The van der Waals surface area contributed by atoms with E-state index in [2.05, 4.69) is 9.44 Å². The number of sulfonamides is 2. The highest BCUT2D eigenvalue weighted by Gasteiger charge is 2.28. The van der Waals surface area contributed by atoms with Gasteiger partial charge in [0, 0.05) is 34.8 Å². The zero-order valence-corrected chi connectivity index (χ0v) is 32.2. The third-order valence-corrected chi connectivity index (χ3v) is 12.2. The average molecular weight is 838 g/mol. The van der Waals surface area contributed by atoms with E-state index in [0.717, 1.165) is 24.3 Å². The van der Waals surface area contributed by atoms with Crippen molar-refractivity contribution in [1.29, 1.82) is 0 Å². The van der Waals surface area contributed by atoms with E-state index in [1.165, 1.54) is 54.4 Å². The van der Waals surface area contributed by atoms with Crippen molar-refractivity contribution in [2.45, 2.75) is 43.3 Å². The van der Waals surface area contributed by atoms with Gasteiger partial charge < -0.3 is 24.1 Å². The molecule has 0 amide bonds. The molecule has 13 nitrogen and oxygen atoms in total. The number of fused-ring (bicyclic) bond motifs is 2. The maximum atomic E-state index is 13.8. The van der Waals surface area contributed by atoms with Crippen LogP contribution in [0.1, 0.15) is 17.0 Å². The molecule has 0 saturated carbocycles. The molecule has 0 unspecified atom stereocenters. The molecule has 0 bridgehead atoms. The molecule has 2 heterocycles. The summed E-state index contributed by atoms with van der Waals surface area (Å²) in [5.41, 5.74) is 1.89. The lowest BCUT2D eigenvalue weighted by Gasteiger charge is -2.10. The molecular formula is C36H32Cl2F2N4O9S2. The van der Waals surface area contributed by atoms with Crippen molar-refractivity contribution < 1.29 is 50.2 Å². The van der Waals surface area contributed by atoms with Gasteiger partial charge in [-0.15, -0.1) is 0 Å². The summed E-state index contributed by atoms with van der Waals surface area (Å²) >= 11 is 11.8. The fourth-order valence-electron chi connectivity index (χ4n) is 6.00. The largest absolute Gasteiger partial charge is 0.497 e. The third kappa shape index (κ3) is 9.03. The molecule has 4 N–H and O–H groups in total. The average Bonchev–Trinajstić information content (AvgIpc) is 3.53. The number of nitrogens with zero attached hydrogens (tertiary/aromatic N) is 2. The second-order valence-electron chi connectivity index (χ2n) is 12.0. The Morgan fingerprint density at radius 2 is 1.25 bits per heavy atom. The lowest BCUT2D eigenvalue weighted by molar-refractivity contribution is -0.138. The molecule has 0 aliphatic carbocycles. The number of halogens is 4. The monoisotopic (exact) mass is 836 g/mol. The van der Waals surface area contributed by atoms with Gasteiger partial charge in [-0.2, -0.15) is 0 Å².